The summed E-state index contributed by atoms with van der Waals surface area (Å²) < 4.78 is 1.25. The first kappa shape index (κ1) is 17.1. The molecule has 25 heavy (non-hydrogen) atoms. The first-order valence-electron chi connectivity index (χ1n) is 8.72. The molecule has 2 N–H and O–H groups in total. The van der Waals surface area contributed by atoms with Crippen LogP contribution in [0, 0.1) is 5.92 Å². The highest BCUT2D eigenvalue weighted by Crippen LogP contribution is 2.23. The zero-order valence-corrected chi connectivity index (χ0v) is 14.2. The summed E-state index contributed by atoms with van der Waals surface area (Å²) in [6.45, 7) is 2.15. The van der Waals surface area contributed by atoms with Gasteiger partial charge in [0.15, 0.2) is 5.69 Å². The molecule has 7 heteroatoms. The van der Waals surface area contributed by atoms with Crippen molar-refractivity contribution in [3.8, 4) is 0 Å². The monoisotopic (exact) mass is 342 g/mol. The molecule has 7 nitrogen and oxygen atoms in total. The van der Waals surface area contributed by atoms with Crippen LogP contribution in [0.15, 0.2) is 29.1 Å². The Morgan fingerprint density at radius 1 is 1.12 bits per heavy atom. The van der Waals surface area contributed by atoms with E-state index in [-0.39, 0.29) is 23.1 Å². The summed E-state index contributed by atoms with van der Waals surface area (Å²) in [7, 11) is 0. The van der Waals surface area contributed by atoms with Crippen molar-refractivity contribution < 1.29 is 9.59 Å². The number of carbonyl (C=O) groups excluding carboxylic acids is 2. The van der Waals surface area contributed by atoms with Crippen molar-refractivity contribution in [2.24, 2.45) is 5.92 Å². The number of carbonyl (C=O) groups is 2. The highest BCUT2D eigenvalue weighted by Gasteiger charge is 2.22. The Hall–Kier alpha value is -2.70. The van der Waals surface area contributed by atoms with Crippen molar-refractivity contribution >= 4 is 22.6 Å². The molecule has 1 aliphatic rings. The number of nitrogens with one attached hydrogen (secondary N) is 2. The quantitative estimate of drug-likeness (QED) is 0.831. The van der Waals surface area contributed by atoms with Crippen molar-refractivity contribution in [2.75, 3.05) is 0 Å². The molecule has 0 atom stereocenters. The SMILES string of the molecule is CCn1nc(C(=O)NNC(=O)C2CCCCC2)c2ccccc2c1=O. The molecule has 1 saturated carbocycles. The van der Waals surface area contributed by atoms with Crippen molar-refractivity contribution in [3.05, 3.63) is 40.3 Å². The Balaban J connectivity index is 1.81. The molecule has 1 aliphatic carbocycles. The van der Waals surface area contributed by atoms with Crippen LogP contribution in [-0.2, 0) is 11.3 Å². The molecule has 0 spiro atoms. The van der Waals surface area contributed by atoms with Gasteiger partial charge in [0.2, 0.25) is 5.91 Å². The lowest BCUT2D eigenvalue weighted by molar-refractivity contribution is -0.126. The maximum Gasteiger partial charge on any atom is 0.290 e. The summed E-state index contributed by atoms with van der Waals surface area (Å²) in [6, 6.07) is 6.85. The van der Waals surface area contributed by atoms with Crippen LogP contribution in [0.5, 0.6) is 0 Å². The summed E-state index contributed by atoms with van der Waals surface area (Å²) in [4.78, 5) is 37.0. The number of hydrogen-bond acceptors (Lipinski definition) is 4. The third kappa shape index (κ3) is 3.55. The number of aryl methyl sites for hydroxylation is 1. The number of hydrazine groups is 1. The fourth-order valence-electron chi connectivity index (χ4n) is 3.26. The highest BCUT2D eigenvalue weighted by atomic mass is 16.2. The minimum absolute atomic E-state index is 0.0525. The summed E-state index contributed by atoms with van der Waals surface area (Å²) in [6.07, 6.45) is 4.94. The minimum atomic E-state index is -0.525. The van der Waals surface area contributed by atoms with E-state index in [4.69, 9.17) is 0 Å². The Kier molecular flexibility index (Phi) is 5.11. The average molecular weight is 342 g/mol. The maximum absolute atomic E-state index is 12.5. The molecular weight excluding hydrogens is 320 g/mol. The first-order chi connectivity index (χ1) is 12.1. The molecule has 132 valence electrons. The van der Waals surface area contributed by atoms with E-state index < -0.39 is 5.91 Å². The second-order valence-electron chi connectivity index (χ2n) is 6.29. The Morgan fingerprint density at radius 3 is 2.48 bits per heavy atom. The van der Waals surface area contributed by atoms with Gasteiger partial charge in [-0.2, -0.15) is 5.10 Å². The van der Waals surface area contributed by atoms with Gasteiger partial charge in [-0.15, -0.1) is 0 Å². The van der Waals surface area contributed by atoms with Crippen LogP contribution in [0.25, 0.3) is 10.8 Å². The Bertz CT molecular complexity index is 853. The fraction of sp³-hybridized carbons (Fsp3) is 0.444. The summed E-state index contributed by atoms with van der Waals surface area (Å²) in [5.41, 5.74) is 4.83. The van der Waals surface area contributed by atoms with Gasteiger partial charge in [-0.3, -0.25) is 25.2 Å². The molecule has 0 bridgehead atoms. The summed E-state index contributed by atoms with van der Waals surface area (Å²) in [5.74, 6) is -0.743. The van der Waals surface area contributed by atoms with Gasteiger partial charge in [0.1, 0.15) is 0 Å². The second-order valence-corrected chi connectivity index (χ2v) is 6.29. The van der Waals surface area contributed by atoms with Crippen molar-refractivity contribution in [1.82, 2.24) is 20.6 Å². The molecule has 1 fully saturated rings. The normalized spacial score (nSPS) is 15.1. The van der Waals surface area contributed by atoms with Crippen LogP contribution in [0.3, 0.4) is 0 Å². The van der Waals surface area contributed by atoms with Gasteiger partial charge in [-0.05, 0) is 25.8 Å². The van der Waals surface area contributed by atoms with E-state index in [1.54, 1.807) is 31.2 Å². The molecule has 0 saturated heterocycles. The predicted octanol–water partition coefficient (Wildman–Crippen LogP) is 1.76. The molecule has 0 radical (unpaired) electrons. The predicted molar refractivity (Wildman–Crippen MR) is 93.9 cm³/mol. The molecule has 1 heterocycles. The lowest BCUT2D eigenvalue weighted by Gasteiger charge is -2.20. The Morgan fingerprint density at radius 2 is 1.80 bits per heavy atom. The molecule has 0 aliphatic heterocycles. The van der Waals surface area contributed by atoms with Gasteiger partial charge >= 0.3 is 0 Å². The number of nitrogens with zero attached hydrogens (tertiary/aromatic N) is 2. The second kappa shape index (κ2) is 7.46. The third-order valence-corrected chi connectivity index (χ3v) is 4.66. The summed E-state index contributed by atoms with van der Waals surface area (Å²) >= 11 is 0. The zero-order chi connectivity index (χ0) is 17.8. The smallest absolute Gasteiger partial charge is 0.273 e. The standard InChI is InChI=1S/C18H22N4O3/c1-2-22-18(25)14-11-7-6-10-13(14)15(21-22)17(24)20-19-16(23)12-8-4-3-5-9-12/h6-7,10-12H,2-5,8-9H2,1H3,(H,19,23)(H,20,24). The Labute approximate surface area is 145 Å². The van der Waals surface area contributed by atoms with Crippen molar-refractivity contribution in [3.63, 3.8) is 0 Å². The number of aromatic nitrogens is 2. The van der Waals surface area contributed by atoms with E-state index in [1.165, 1.54) is 4.68 Å². The molecule has 2 amide bonds. The van der Waals surface area contributed by atoms with E-state index >= 15 is 0 Å². The maximum atomic E-state index is 12.5. The van der Waals surface area contributed by atoms with E-state index in [0.717, 1.165) is 32.1 Å². The van der Waals surface area contributed by atoms with Crippen molar-refractivity contribution in [1.29, 1.82) is 0 Å². The molecule has 1 aromatic heterocycles. The lowest BCUT2D eigenvalue weighted by Crippen LogP contribution is -2.45. The van der Waals surface area contributed by atoms with Crippen LogP contribution < -0.4 is 16.4 Å². The number of hydrogen-bond donors (Lipinski definition) is 2. The average Bonchev–Trinajstić information content (AvgIpc) is 2.67. The molecule has 3 rings (SSSR count). The van der Waals surface area contributed by atoms with Crippen LogP contribution in [-0.4, -0.2) is 21.6 Å². The van der Waals surface area contributed by atoms with Gasteiger partial charge in [0, 0.05) is 17.8 Å². The molecule has 0 unspecified atom stereocenters. The van der Waals surface area contributed by atoms with Gasteiger partial charge in [-0.1, -0.05) is 37.5 Å². The van der Waals surface area contributed by atoms with Crippen LogP contribution in [0.1, 0.15) is 49.5 Å². The van der Waals surface area contributed by atoms with Crippen LogP contribution in [0.2, 0.25) is 0 Å². The molecule has 2 aromatic rings. The van der Waals surface area contributed by atoms with Gasteiger partial charge in [0.25, 0.3) is 11.5 Å². The minimum Gasteiger partial charge on any atom is -0.273 e. The molecular formula is C18H22N4O3. The number of fused-ring (bicyclic) bond motifs is 1. The van der Waals surface area contributed by atoms with Gasteiger partial charge in [0.05, 0.1) is 5.39 Å². The topological polar surface area (TPSA) is 93.1 Å². The van der Waals surface area contributed by atoms with Gasteiger partial charge in [-0.25, -0.2) is 4.68 Å². The van der Waals surface area contributed by atoms with Crippen LogP contribution in [0.4, 0.5) is 0 Å². The van der Waals surface area contributed by atoms with Gasteiger partial charge < -0.3 is 0 Å². The number of amides is 2. The van der Waals surface area contributed by atoms with E-state index in [1.807, 2.05) is 0 Å². The zero-order valence-electron chi connectivity index (χ0n) is 14.2. The molecule has 1 aromatic carbocycles. The largest absolute Gasteiger partial charge is 0.290 e. The summed E-state index contributed by atoms with van der Waals surface area (Å²) in [5, 5.41) is 5.06. The third-order valence-electron chi connectivity index (χ3n) is 4.66. The van der Waals surface area contributed by atoms with E-state index in [9.17, 15) is 14.4 Å². The highest BCUT2D eigenvalue weighted by molar-refractivity contribution is 6.05. The number of benzene rings is 1. The number of rotatable bonds is 3. The van der Waals surface area contributed by atoms with E-state index in [0.29, 0.717) is 17.3 Å². The van der Waals surface area contributed by atoms with Crippen LogP contribution >= 0.6 is 0 Å². The lowest BCUT2D eigenvalue weighted by atomic mass is 9.89. The first-order valence-corrected chi connectivity index (χ1v) is 8.72. The fourth-order valence-corrected chi connectivity index (χ4v) is 3.26. The van der Waals surface area contributed by atoms with E-state index in [2.05, 4.69) is 16.0 Å². The van der Waals surface area contributed by atoms with Crippen molar-refractivity contribution in [2.45, 2.75) is 45.6 Å².